The molecule has 1 aromatic heterocycles. The molecule has 0 saturated carbocycles. The van der Waals surface area contributed by atoms with Crippen molar-refractivity contribution in [1.29, 1.82) is 0 Å². The summed E-state index contributed by atoms with van der Waals surface area (Å²) in [6.07, 6.45) is 3.61. The zero-order chi connectivity index (χ0) is 15.1. The van der Waals surface area contributed by atoms with Crippen LogP contribution in [0.5, 0.6) is 0 Å². The monoisotopic (exact) mass is 292 g/mol. The van der Waals surface area contributed by atoms with Crippen LogP contribution in [0.15, 0.2) is 18.3 Å². The molecule has 0 aliphatic carbocycles. The molecular weight excluding hydrogens is 268 g/mol. The van der Waals surface area contributed by atoms with E-state index in [1.807, 2.05) is 12.3 Å². The minimum atomic E-state index is -0.352. The van der Waals surface area contributed by atoms with Gasteiger partial charge in [0.05, 0.1) is 7.11 Å². The molecule has 1 aliphatic rings. The number of alkyl carbamates (subject to hydrolysis) is 1. The molecule has 2 heterocycles. The summed E-state index contributed by atoms with van der Waals surface area (Å²) in [5, 5.41) is 6.11. The van der Waals surface area contributed by atoms with Crippen LogP contribution in [0.1, 0.15) is 25.3 Å². The minimum absolute atomic E-state index is 0.177. The van der Waals surface area contributed by atoms with Crippen LogP contribution in [-0.2, 0) is 11.3 Å². The van der Waals surface area contributed by atoms with Gasteiger partial charge in [-0.15, -0.1) is 0 Å². The molecule has 1 fully saturated rings. The van der Waals surface area contributed by atoms with Crippen molar-refractivity contribution in [3.8, 4) is 0 Å². The van der Waals surface area contributed by atoms with E-state index in [4.69, 9.17) is 0 Å². The third-order valence-corrected chi connectivity index (χ3v) is 3.57. The smallest absolute Gasteiger partial charge is 0.407 e. The number of ether oxygens (including phenoxy) is 1. The zero-order valence-electron chi connectivity index (χ0n) is 12.8. The lowest BCUT2D eigenvalue weighted by Gasteiger charge is -2.16. The summed E-state index contributed by atoms with van der Waals surface area (Å²) in [6.45, 7) is 5.77. The van der Waals surface area contributed by atoms with Gasteiger partial charge in [-0.05, 0) is 24.5 Å². The molecule has 0 spiro atoms. The predicted molar refractivity (Wildman–Crippen MR) is 82.2 cm³/mol. The highest BCUT2D eigenvalue weighted by atomic mass is 16.5. The van der Waals surface area contributed by atoms with E-state index in [-0.39, 0.29) is 12.1 Å². The number of hydrogen-bond donors (Lipinski definition) is 2. The highest BCUT2D eigenvalue weighted by Crippen LogP contribution is 2.14. The second-order valence-corrected chi connectivity index (χ2v) is 5.34. The fourth-order valence-corrected chi connectivity index (χ4v) is 2.45. The molecule has 1 atom stereocenters. The lowest BCUT2D eigenvalue weighted by atomic mass is 10.2. The number of carbonyl (C=O) groups excluding carboxylic acids is 1. The van der Waals surface area contributed by atoms with Gasteiger partial charge in [0.1, 0.15) is 5.82 Å². The molecule has 1 aromatic rings. The normalized spacial score (nSPS) is 18.5. The average molecular weight is 292 g/mol. The maximum atomic E-state index is 11.2. The number of nitrogens with zero attached hydrogens (tertiary/aromatic N) is 2. The third kappa shape index (κ3) is 4.90. The van der Waals surface area contributed by atoms with Gasteiger partial charge in [0, 0.05) is 38.4 Å². The summed E-state index contributed by atoms with van der Waals surface area (Å²) in [6, 6.07) is 4.30. The fraction of sp³-hybridized carbons (Fsp3) is 0.600. The van der Waals surface area contributed by atoms with Crippen LogP contribution < -0.4 is 10.6 Å². The van der Waals surface area contributed by atoms with Crippen LogP contribution >= 0.6 is 0 Å². The Bertz CT molecular complexity index is 449. The summed E-state index contributed by atoms with van der Waals surface area (Å²) in [5.74, 6) is 0.923. The Balaban J connectivity index is 1.78. The molecule has 2 N–H and O–H groups in total. The van der Waals surface area contributed by atoms with Gasteiger partial charge in [-0.25, -0.2) is 9.78 Å². The van der Waals surface area contributed by atoms with Crippen molar-refractivity contribution in [2.45, 2.75) is 32.4 Å². The van der Waals surface area contributed by atoms with Crippen LogP contribution in [0.25, 0.3) is 0 Å². The third-order valence-electron chi connectivity index (χ3n) is 3.57. The molecule has 6 heteroatoms. The molecule has 1 unspecified atom stereocenters. The lowest BCUT2D eigenvalue weighted by Crippen LogP contribution is -2.36. The van der Waals surface area contributed by atoms with E-state index >= 15 is 0 Å². The Morgan fingerprint density at radius 2 is 2.38 bits per heavy atom. The second-order valence-electron chi connectivity index (χ2n) is 5.34. The molecule has 0 bridgehead atoms. The molecule has 0 radical (unpaired) electrons. The quantitative estimate of drug-likeness (QED) is 0.837. The number of nitrogens with one attached hydrogen (secondary N) is 2. The highest BCUT2D eigenvalue weighted by Gasteiger charge is 2.23. The first kappa shape index (κ1) is 15.6. The molecule has 6 nitrogen and oxygen atoms in total. The van der Waals surface area contributed by atoms with Crippen LogP contribution in [0, 0.1) is 0 Å². The first-order chi connectivity index (χ1) is 10.2. The summed E-state index contributed by atoms with van der Waals surface area (Å²) >= 11 is 0. The van der Waals surface area contributed by atoms with E-state index in [0.29, 0.717) is 0 Å². The lowest BCUT2D eigenvalue weighted by molar-refractivity contribution is 0.166. The minimum Gasteiger partial charge on any atom is -0.453 e. The van der Waals surface area contributed by atoms with Gasteiger partial charge in [0.25, 0.3) is 0 Å². The standard InChI is InChI=1S/C15H24N4O2/c1-3-7-16-14-5-4-12(9-17-14)10-19-8-6-13(11-19)18-15(20)21-2/h4-5,9,13H,3,6-8,10-11H2,1-2H3,(H,16,17)(H,18,20). The van der Waals surface area contributed by atoms with Crippen LogP contribution in [0.2, 0.25) is 0 Å². The largest absolute Gasteiger partial charge is 0.453 e. The summed E-state index contributed by atoms with van der Waals surface area (Å²) in [5.41, 5.74) is 1.19. The van der Waals surface area contributed by atoms with E-state index < -0.39 is 0 Å². The molecular formula is C15H24N4O2. The van der Waals surface area contributed by atoms with Gasteiger partial charge in [-0.1, -0.05) is 13.0 Å². The Morgan fingerprint density at radius 1 is 1.52 bits per heavy atom. The van der Waals surface area contributed by atoms with Gasteiger partial charge in [-0.3, -0.25) is 4.90 Å². The number of methoxy groups -OCH3 is 1. The van der Waals surface area contributed by atoms with Crippen molar-refractivity contribution in [2.75, 3.05) is 32.1 Å². The Kier molecular flexibility index (Phi) is 5.80. The van der Waals surface area contributed by atoms with Crippen LogP contribution in [0.4, 0.5) is 10.6 Å². The molecule has 21 heavy (non-hydrogen) atoms. The molecule has 1 amide bonds. The SMILES string of the molecule is CCCNc1ccc(CN2CCC(NC(=O)OC)C2)cn1. The van der Waals surface area contributed by atoms with Gasteiger partial charge in [0.15, 0.2) is 0 Å². The maximum absolute atomic E-state index is 11.2. The number of pyridine rings is 1. The predicted octanol–water partition coefficient (Wildman–Crippen LogP) is 1.83. The number of rotatable bonds is 6. The van der Waals surface area contributed by atoms with Gasteiger partial charge in [0.2, 0.25) is 0 Å². The molecule has 1 saturated heterocycles. The van der Waals surface area contributed by atoms with Crippen molar-refractivity contribution in [2.24, 2.45) is 0 Å². The van der Waals surface area contributed by atoms with Crippen molar-refractivity contribution in [3.63, 3.8) is 0 Å². The summed E-state index contributed by atoms with van der Waals surface area (Å²) in [4.78, 5) is 17.9. The van der Waals surface area contributed by atoms with Gasteiger partial charge in [-0.2, -0.15) is 0 Å². The molecule has 2 rings (SSSR count). The Labute approximate surface area is 125 Å². The molecule has 1 aliphatic heterocycles. The second kappa shape index (κ2) is 7.83. The van der Waals surface area contributed by atoms with E-state index in [1.165, 1.54) is 12.7 Å². The van der Waals surface area contributed by atoms with Gasteiger partial charge >= 0.3 is 6.09 Å². The van der Waals surface area contributed by atoms with E-state index in [0.717, 1.165) is 44.8 Å². The molecule has 116 valence electrons. The average Bonchev–Trinajstić information content (AvgIpc) is 2.93. The van der Waals surface area contributed by atoms with E-state index in [9.17, 15) is 4.79 Å². The number of hydrogen-bond acceptors (Lipinski definition) is 5. The zero-order valence-corrected chi connectivity index (χ0v) is 12.8. The maximum Gasteiger partial charge on any atom is 0.407 e. The number of aromatic nitrogens is 1. The van der Waals surface area contributed by atoms with Gasteiger partial charge < -0.3 is 15.4 Å². The van der Waals surface area contributed by atoms with Crippen molar-refractivity contribution in [3.05, 3.63) is 23.9 Å². The fourth-order valence-electron chi connectivity index (χ4n) is 2.45. The summed E-state index contributed by atoms with van der Waals surface area (Å²) in [7, 11) is 1.39. The van der Waals surface area contributed by atoms with Crippen molar-refractivity contribution in [1.82, 2.24) is 15.2 Å². The van der Waals surface area contributed by atoms with E-state index in [2.05, 4.69) is 38.2 Å². The first-order valence-electron chi connectivity index (χ1n) is 7.47. The Morgan fingerprint density at radius 3 is 3.05 bits per heavy atom. The van der Waals surface area contributed by atoms with E-state index in [1.54, 1.807) is 0 Å². The summed E-state index contributed by atoms with van der Waals surface area (Å²) < 4.78 is 4.63. The van der Waals surface area contributed by atoms with Crippen molar-refractivity contribution >= 4 is 11.9 Å². The number of anilines is 1. The first-order valence-corrected chi connectivity index (χ1v) is 7.47. The number of amides is 1. The Hall–Kier alpha value is -1.82. The highest BCUT2D eigenvalue weighted by molar-refractivity contribution is 5.67. The van der Waals surface area contributed by atoms with Crippen molar-refractivity contribution < 1.29 is 9.53 Å². The van der Waals surface area contributed by atoms with Crippen LogP contribution in [0.3, 0.4) is 0 Å². The topological polar surface area (TPSA) is 66.5 Å². The van der Waals surface area contributed by atoms with Crippen LogP contribution in [-0.4, -0.2) is 48.8 Å². The number of likely N-dealkylation sites (tertiary alicyclic amines) is 1. The molecule has 0 aromatic carbocycles. The number of carbonyl (C=O) groups is 1.